The SMILES string of the molecule is CC1=C(C(=O)N[C@@H]2CCCC[C@H]2NC(=O)c2ccc3cncc(Br)c3n2)CCCC1. The number of aromatic nitrogens is 2. The summed E-state index contributed by atoms with van der Waals surface area (Å²) in [6, 6.07) is 3.44. The lowest BCUT2D eigenvalue weighted by atomic mass is 9.88. The van der Waals surface area contributed by atoms with Gasteiger partial charge >= 0.3 is 0 Å². The molecule has 0 radical (unpaired) electrons. The average Bonchev–Trinajstić information content (AvgIpc) is 2.75. The van der Waals surface area contributed by atoms with E-state index in [1.54, 1.807) is 18.5 Å². The van der Waals surface area contributed by atoms with E-state index < -0.39 is 0 Å². The van der Waals surface area contributed by atoms with E-state index in [2.05, 4.69) is 43.5 Å². The maximum absolute atomic E-state index is 12.9. The van der Waals surface area contributed by atoms with Crippen LogP contribution in [0.3, 0.4) is 0 Å². The second-order valence-electron chi connectivity index (χ2n) is 8.30. The fraction of sp³-hybridized carbons (Fsp3) is 0.478. The number of fused-ring (bicyclic) bond motifs is 1. The molecule has 4 rings (SSSR count). The third-order valence-electron chi connectivity index (χ3n) is 6.20. The van der Waals surface area contributed by atoms with Crippen LogP contribution in [0.15, 0.2) is 40.1 Å². The number of rotatable bonds is 4. The van der Waals surface area contributed by atoms with Crippen LogP contribution in [0.5, 0.6) is 0 Å². The van der Waals surface area contributed by atoms with E-state index in [-0.39, 0.29) is 23.9 Å². The molecular formula is C23H27BrN4O2. The molecule has 158 valence electrons. The van der Waals surface area contributed by atoms with E-state index in [1.807, 2.05) is 6.07 Å². The van der Waals surface area contributed by atoms with Crippen LogP contribution in [0.2, 0.25) is 0 Å². The van der Waals surface area contributed by atoms with Crippen molar-refractivity contribution < 1.29 is 9.59 Å². The van der Waals surface area contributed by atoms with Crippen LogP contribution in [0.1, 0.15) is 68.8 Å². The predicted molar refractivity (Wildman–Crippen MR) is 120 cm³/mol. The van der Waals surface area contributed by atoms with Gasteiger partial charge in [0.2, 0.25) is 5.91 Å². The van der Waals surface area contributed by atoms with Crippen LogP contribution in [-0.4, -0.2) is 33.9 Å². The summed E-state index contributed by atoms with van der Waals surface area (Å²) in [7, 11) is 0. The highest BCUT2D eigenvalue weighted by Gasteiger charge is 2.30. The monoisotopic (exact) mass is 470 g/mol. The number of carbonyl (C=O) groups is 2. The minimum Gasteiger partial charge on any atom is -0.348 e. The summed E-state index contributed by atoms with van der Waals surface area (Å²) in [4.78, 5) is 34.4. The molecule has 2 amide bonds. The normalized spacial score (nSPS) is 22.1. The number of nitrogens with one attached hydrogen (secondary N) is 2. The quantitative estimate of drug-likeness (QED) is 0.691. The van der Waals surface area contributed by atoms with Gasteiger partial charge in [0.25, 0.3) is 5.91 Å². The third-order valence-corrected chi connectivity index (χ3v) is 6.78. The first kappa shape index (κ1) is 21.0. The third kappa shape index (κ3) is 4.56. The van der Waals surface area contributed by atoms with Gasteiger partial charge in [0.1, 0.15) is 5.69 Å². The van der Waals surface area contributed by atoms with Gasteiger partial charge in [-0.05, 0) is 73.5 Å². The first-order chi connectivity index (χ1) is 14.5. The smallest absolute Gasteiger partial charge is 0.270 e. The molecule has 1 saturated carbocycles. The molecule has 0 spiro atoms. The number of hydrogen-bond donors (Lipinski definition) is 2. The molecule has 0 aliphatic heterocycles. The lowest BCUT2D eigenvalue weighted by Gasteiger charge is -2.33. The Labute approximate surface area is 185 Å². The molecule has 2 N–H and O–H groups in total. The van der Waals surface area contributed by atoms with Gasteiger partial charge in [0.05, 0.1) is 9.99 Å². The van der Waals surface area contributed by atoms with Crippen molar-refractivity contribution in [2.75, 3.05) is 0 Å². The van der Waals surface area contributed by atoms with E-state index >= 15 is 0 Å². The molecule has 2 aromatic rings. The summed E-state index contributed by atoms with van der Waals surface area (Å²) >= 11 is 3.45. The largest absolute Gasteiger partial charge is 0.348 e. The van der Waals surface area contributed by atoms with Crippen molar-refractivity contribution >= 4 is 38.6 Å². The van der Waals surface area contributed by atoms with Gasteiger partial charge in [-0.15, -0.1) is 0 Å². The van der Waals surface area contributed by atoms with Crippen molar-refractivity contribution in [2.24, 2.45) is 0 Å². The standard InChI is InChI=1S/C23H27BrN4O2/c1-14-6-2-3-7-16(14)22(29)27-18-8-4-5-9-19(18)28-23(30)20-11-10-15-12-25-13-17(24)21(15)26-20/h10-13,18-19H,2-9H2,1H3,(H,27,29)(H,28,30)/t18-,19-/m1/s1. The fourth-order valence-electron chi connectivity index (χ4n) is 4.47. The lowest BCUT2D eigenvalue weighted by Crippen LogP contribution is -2.53. The van der Waals surface area contributed by atoms with Crippen LogP contribution in [0, 0.1) is 0 Å². The molecular weight excluding hydrogens is 444 g/mol. The Morgan fingerprint density at radius 3 is 2.40 bits per heavy atom. The summed E-state index contributed by atoms with van der Waals surface area (Å²) < 4.78 is 0.758. The zero-order valence-corrected chi connectivity index (χ0v) is 18.8. The second kappa shape index (κ2) is 9.25. The highest BCUT2D eigenvalue weighted by molar-refractivity contribution is 9.10. The molecule has 2 aliphatic rings. The van der Waals surface area contributed by atoms with Crippen LogP contribution in [0.25, 0.3) is 10.9 Å². The van der Waals surface area contributed by atoms with Crippen LogP contribution in [0.4, 0.5) is 0 Å². The molecule has 0 aromatic carbocycles. The maximum Gasteiger partial charge on any atom is 0.270 e. The molecule has 0 saturated heterocycles. The zero-order valence-electron chi connectivity index (χ0n) is 17.2. The Hall–Kier alpha value is -2.28. The molecule has 7 heteroatoms. The number of nitrogens with zero attached hydrogens (tertiary/aromatic N) is 2. The molecule has 2 heterocycles. The van der Waals surface area contributed by atoms with Gasteiger partial charge in [0, 0.05) is 35.4 Å². The maximum atomic E-state index is 12.9. The number of amides is 2. The molecule has 0 bridgehead atoms. The van der Waals surface area contributed by atoms with Crippen LogP contribution >= 0.6 is 15.9 Å². The highest BCUT2D eigenvalue weighted by atomic mass is 79.9. The van der Waals surface area contributed by atoms with Crippen molar-refractivity contribution in [2.45, 2.75) is 70.4 Å². The highest BCUT2D eigenvalue weighted by Crippen LogP contribution is 2.26. The van der Waals surface area contributed by atoms with Crippen molar-refractivity contribution in [1.29, 1.82) is 0 Å². The van der Waals surface area contributed by atoms with E-state index in [1.165, 1.54) is 5.57 Å². The molecule has 2 aliphatic carbocycles. The van der Waals surface area contributed by atoms with Gasteiger partial charge < -0.3 is 10.6 Å². The Morgan fingerprint density at radius 2 is 1.67 bits per heavy atom. The number of carbonyl (C=O) groups excluding carboxylic acids is 2. The Kier molecular flexibility index (Phi) is 6.46. The number of halogens is 1. The van der Waals surface area contributed by atoms with Gasteiger partial charge in [-0.2, -0.15) is 0 Å². The summed E-state index contributed by atoms with van der Waals surface area (Å²) in [6.07, 6.45) is 11.3. The Morgan fingerprint density at radius 1 is 0.967 bits per heavy atom. The van der Waals surface area contributed by atoms with Gasteiger partial charge in [0.15, 0.2) is 0 Å². The first-order valence-electron chi connectivity index (χ1n) is 10.7. The lowest BCUT2D eigenvalue weighted by molar-refractivity contribution is -0.118. The van der Waals surface area contributed by atoms with Crippen LogP contribution in [-0.2, 0) is 4.79 Å². The van der Waals surface area contributed by atoms with E-state index in [4.69, 9.17) is 0 Å². The van der Waals surface area contributed by atoms with Gasteiger partial charge in [-0.25, -0.2) is 4.98 Å². The molecule has 1 fully saturated rings. The van der Waals surface area contributed by atoms with Crippen LogP contribution < -0.4 is 10.6 Å². The molecule has 6 nitrogen and oxygen atoms in total. The van der Waals surface area contributed by atoms with E-state index in [9.17, 15) is 9.59 Å². The zero-order chi connectivity index (χ0) is 21.1. The second-order valence-corrected chi connectivity index (χ2v) is 9.15. The summed E-state index contributed by atoms with van der Waals surface area (Å²) in [6.45, 7) is 2.06. The Balaban J connectivity index is 1.47. The van der Waals surface area contributed by atoms with Crippen molar-refractivity contribution in [3.05, 3.63) is 45.8 Å². The molecule has 0 unspecified atom stereocenters. The molecule has 2 atom stereocenters. The molecule has 30 heavy (non-hydrogen) atoms. The number of pyridine rings is 2. The predicted octanol–water partition coefficient (Wildman–Crippen LogP) is 4.44. The molecule has 2 aromatic heterocycles. The summed E-state index contributed by atoms with van der Waals surface area (Å²) in [5.74, 6) is -0.168. The topological polar surface area (TPSA) is 84.0 Å². The first-order valence-corrected chi connectivity index (χ1v) is 11.5. The summed E-state index contributed by atoms with van der Waals surface area (Å²) in [5.41, 5.74) is 3.23. The van der Waals surface area contributed by atoms with Gasteiger partial charge in [-0.1, -0.05) is 18.4 Å². The average molecular weight is 471 g/mol. The van der Waals surface area contributed by atoms with Gasteiger partial charge in [-0.3, -0.25) is 14.6 Å². The van der Waals surface area contributed by atoms with Crippen molar-refractivity contribution in [3.63, 3.8) is 0 Å². The summed E-state index contributed by atoms with van der Waals surface area (Å²) in [5, 5.41) is 7.22. The minimum absolute atomic E-state index is 0.0404. The Bertz CT molecular complexity index is 1000. The van der Waals surface area contributed by atoms with E-state index in [0.717, 1.165) is 66.8 Å². The number of allylic oxidation sites excluding steroid dienone is 1. The minimum atomic E-state index is -0.208. The van der Waals surface area contributed by atoms with E-state index in [0.29, 0.717) is 11.2 Å². The van der Waals surface area contributed by atoms with Crippen molar-refractivity contribution in [1.82, 2.24) is 20.6 Å². The van der Waals surface area contributed by atoms with Crippen molar-refractivity contribution in [3.8, 4) is 0 Å². The fourth-order valence-corrected chi connectivity index (χ4v) is 4.91. The number of hydrogen-bond acceptors (Lipinski definition) is 4.